The molecule has 6 nitrogen and oxygen atoms in total. The number of fused-ring (bicyclic) bond motifs is 1. The van der Waals surface area contributed by atoms with Crippen LogP contribution in [-0.4, -0.2) is 15.9 Å². The highest BCUT2D eigenvalue weighted by Crippen LogP contribution is 2.36. The Bertz CT molecular complexity index is 1060. The highest BCUT2D eigenvalue weighted by atomic mass is 32.1. The van der Waals surface area contributed by atoms with E-state index < -0.39 is 11.5 Å². The monoisotopic (exact) mass is 381 g/mol. The summed E-state index contributed by atoms with van der Waals surface area (Å²) in [4.78, 5) is 12.7. The first kappa shape index (κ1) is 18.6. The predicted octanol–water partition coefficient (Wildman–Crippen LogP) is 3.23. The van der Waals surface area contributed by atoms with Crippen molar-refractivity contribution in [3.05, 3.63) is 76.1 Å². The van der Waals surface area contributed by atoms with Gasteiger partial charge in [-0.2, -0.15) is 5.10 Å². The summed E-state index contributed by atoms with van der Waals surface area (Å²) < 4.78 is 5.44. The molecule has 1 heterocycles. The quantitative estimate of drug-likeness (QED) is 0.271. The maximum atomic E-state index is 12.7. The Hall–Kier alpha value is -3.19. The summed E-state index contributed by atoms with van der Waals surface area (Å²) in [6.07, 6.45) is 0.371. The Morgan fingerprint density at radius 2 is 1.89 bits per heavy atom. The first-order valence-electron chi connectivity index (χ1n) is 8.35. The van der Waals surface area contributed by atoms with Crippen LogP contribution in [-0.2, 0) is 0 Å². The summed E-state index contributed by atoms with van der Waals surface area (Å²) >= 11 is 4.76. The van der Waals surface area contributed by atoms with Gasteiger partial charge in [0.05, 0.1) is 10.9 Å². The number of nitrogens with one attached hydrogen (secondary N) is 1. The lowest BCUT2D eigenvalue weighted by atomic mass is 9.87. The van der Waals surface area contributed by atoms with Gasteiger partial charge < -0.3 is 15.3 Å². The van der Waals surface area contributed by atoms with Crippen LogP contribution in [0.25, 0.3) is 11.0 Å². The van der Waals surface area contributed by atoms with E-state index in [0.29, 0.717) is 23.1 Å². The average molecular weight is 381 g/mol. The number of para-hydroxylation sites is 1. The first-order chi connectivity index (χ1) is 13.0. The molecule has 0 fully saturated rings. The minimum atomic E-state index is -0.574. The van der Waals surface area contributed by atoms with E-state index in [1.54, 1.807) is 31.2 Å². The first-order valence-corrected chi connectivity index (χ1v) is 8.76. The molecule has 0 aliphatic carbocycles. The van der Waals surface area contributed by atoms with Gasteiger partial charge in [-0.1, -0.05) is 42.5 Å². The van der Waals surface area contributed by atoms with Gasteiger partial charge in [0.1, 0.15) is 11.3 Å². The van der Waals surface area contributed by atoms with Crippen LogP contribution in [0.4, 0.5) is 0 Å². The Kier molecular flexibility index (Phi) is 5.52. The zero-order valence-electron chi connectivity index (χ0n) is 14.7. The number of aromatic hydroxyl groups is 1. The fraction of sp³-hybridized carbons (Fsp3) is 0.150. The van der Waals surface area contributed by atoms with Gasteiger partial charge in [0.2, 0.25) is 0 Å². The number of hydrogen-bond donors (Lipinski definition) is 3. The maximum Gasteiger partial charge on any atom is 0.343 e. The molecule has 0 spiro atoms. The number of thiocarbonyl (C=S) groups is 1. The predicted molar refractivity (Wildman–Crippen MR) is 110 cm³/mol. The number of hydrogen-bond acceptors (Lipinski definition) is 5. The van der Waals surface area contributed by atoms with Crippen LogP contribution >= 0.6 is 12.2 Å². The molecule has 0 aliphatic heterocycles. The minimum absolute atomic E-state index is 0.0543. The smallest absolute Gasteiger partial charge is 0.343 e. The third-order valence-corrected chi connectivity index (χ3v) is 4.32. The fourth-order valence-electron chi connectivity index (χ4n) is 3.02. The third kappa shape index (κ3) is 4.15. The molecule has 0 saturated heterocycles. The van der Waals surface area contributed by atoms with Gasteiger partial charge in [0.15, 0.2) is 5.11 Å². The van der Waals surface area contributed by atoms with Crippen LogP contribution < -0.4 is 16.8 Å². The van der Waals surface area contributed by atoms with Crippen molar-refractivity contribution in [2.75, 3.05) is 0 Å². The topological polar surface area (TPSA) is 101 Å². The molecule has 0 unspecified atom stereocenters. The van der Waals surface area contributed by atoms with Crippen LogP contribution in [0.2, 0.25) is 0 Å². The van der Waals surface area contributed by atoms with Crippen molar-refractivity contribution >= 4 is 34.0 Å². The molecule has 2 aromatic carbocycles. The summed E-state index contributed by atoms with van der Waals surface area (Å²) in [5.74, 6) is -0.519. The van der Waals surface area contributed by atoms with Crippen molar-refractivity contribution in [2.24, 2.45) is 10.8 Å². The van der Waals surface area contributed by atoms with Crippen molar-refractivity contribution in [3.8, 4) is 5.75 Å². The van der Waals surface area contributed by atoms with E-state index in [9.17, 15) is 9.90 Å². The van der Waals surface area contributed by atoms with Gasteiger partial charge in [0.25, 0.3) is 0 Å². The van der Waals surface area contributed by atoms with Crippen molar-refractivity contribution in [2.45, 2.75) is 19.3 Å². The van der Waals surface area contributed by atoms with Gasteiger partial charge in [0, 0.05) is 11.6 Å². The molecule has 7 heteroatoms. The Balaban J connectivity index is 2.14. The lowest BCUT2D eigenvalue weighted by Crippen LogP contribution is -2.25. The van der Waals surface area contributed by atoms with Gasteiger partial charge in [-0.05, 0) is 43.3 Å². The molecule has 1 aromatic heterocycles. The number of hydrazone groups is 1. The van der Waals surface area contributed by atoms with Crippen LogP contribution in [0.5, 0.6) is 5.75 Å². The zero-order chi connectivity index (χ0) is 19.4. The highest BCUT2D eigenvalue weighted by Gasteiger charge is 2.25. The molecular weight excluding hydrogens is 362 g/mol. The summed E-state index contributed by atoms with van der Waals surface area (Å²) in [5.41, 5.74) is 9.46. The largest absolute Gasteiger partial charge is 0.507 e. The van der Waals surface area contributed by atoms with Crippen LogP contribution in [0.15, 0.2) is 68.9 Å². The van der Waals surface area contributed by atoms with Crippen molar-refractivity contribution < 1.29 is 9.52 Å². The molecule has 0 amide bonds. The summed E-state index contributed by atoms with van der Waals surface area (Å²) in [5, 5.41) is 15.5. The number of nitrogens with two attached hydrogens (primary N) is 1. The molecule has 0 bridgehead atoms. The van der Waals surface area contributed by atoms with E-state index in [2.05, 4.69) is 10.5 Å². The number of rotatable bonds is 5. The van der Waals surface area contributed by atoms with E-state index in [-0.39, 0.29) is 16.4 Å². The molecule has 3 aromatic rings. The SMILES string of the molecule is CC(C[C@@H](c1ccccc1)c1c(O)c2ccccc2oc1=O)=NNC(N)=S. The molecule has 0 aliphatic rings. The fourth-order valence-corrected chi connectivity index (χ4v) is 3.06. The Morgan fingerprint density at radius 3 is 2.59 bits per heavy atom. The van der Waals surface area contributed by atoms with Gasteiger partial charge >= 0.3 is 5.63 Å². The van der Waals surface area contributed by atoms with Gasteiger partial charge in [-0.15, -0.1) is 0 Å². The average Bonchev–Trinajstić information content (AvgIpc) is 2.66. The zero-order valence-corrected chi connectivity index (χ0v) is 15.5. The highest BCUT2D eigenvalue weighted by molar-refractivity contribution is 7.80. The molecule has 27 heavy (non-hydrogen) atoms. The lowest BCUT2D eigenvalue weighted by Gasteiger charge is -2.18. The number of nitrogens with zero attached hydrogens (tertiary/aromatic N) is 1. The van der Waals surface area contributed by atoms with Gasteiger partial charge in [-0.25, -0.2) is 4.79 Å². The van der Waals surface area contributed by atoms with E-state index in [1.165, 1.54) is 0 Å². The molecule has 138 valence electrons. The van der Waals surface area contributed by atoms with E-state index >= 15 is 0 Å². The van der Waals surface area contributed by atoms with Crippen LogP contribution in [0.1, 0.15) is 30.4 Å². The van der Waals surface area contributed by atoms with Crippen molar-refractivity contribution in [3.63, 3.8) is 0 Å². The molecule has 4 N–H and O–H groups in total. The third-order valence-electron chi connectivity index (χ3n) is 4.23. The summed E-state index contributed by atoms with van der Waals surface area (Å²) in [6.45, 7) is 1.79. The van der Waals surface area contributed by atoms with Gasteiger partial charge in [-0.3, -0.25) is 5.43 Å². The Morgan fingerprint density at radius 1 is 1.22 bits per heavy atom. The van der Waals surface area contributed by atoms with Crippen molar-refractivity contribution in [1.82, 2.24) is 5.43 Å². The lowest BCUT2D eigenvalue weighted by molar-refractivity contribution is 0.452. The van der Waals surface area contributed by atoms with E-state index in [4.69, 9.17) is 22.4 Å². The van der Waals surface area contributed by atoms with E-state index in [1.807, 2.05) is 30.3 Å². The Labute approximate surface area is 161 Å². The van der Waals surface area contributed by atoms with Crippen LogP contribution in [0, 0.1) is 0 Å². The standard InChI is InChI=1S/C20H19N3O3S/c1-12(22-23-20(21)27)11-15(13-7-3-2-4-8-13)17-18(24)14-9-5-6-10-16(14)26-19(17)25/h2-10,15,24H,11H2,1H3,(H3,21,23,27)/t15-/m0/s1. The van der Waals surface area contributed by atoms with E-state index in [0.717, 1.165) is 5.56 Å². The second-order valence-electron chi connectivity index (χ2n) is 6.14. The molecule has 3 rings (SSSR count). The molecular formula is C20H19N3O3S. The second kappa shape index (κ2) is 8.01. The second-order valence-corrected chi connectivity index (χ2v) is 6.58. The summed E-state index contributed by atoms with van der Waals surface area (Å²) in [6, 6.07) is 16.3. The van der Waals surface area contributed by atoms with Crippen molar-refractivity contribution in [1.29, 1.82) is 0 Å². The summed E-state index contributed by atoms with van der Waals surface area (Å²) in [7, 11) is 0. The van der Waals surface area contributed by atoms with Crippen LogP contribution in [0.3, 0.4) is 0 Å². The molecule has 0 saturated carbocycles. The minimum Gasteiger partial charge on any atom is -0.507 e. The molecule has 0 radical (unpaired) electrons. The maximum absolute atomic E-state index is 12.7. The normalized spacial score (nSPS) is 12.7. The molecule has 1 atom stereocenters. The number of benzene rings is 2.